The lowest BCUT2D eigenvalue weighted by molar-refractivity contribution is -0.384. The molecule has 19 heavy (non-hydrogen) atoms. The lowest BCUT2D eigenvalue weighted by Gasteiger charge is -2.21. The normalized spacial score (nSPS) is 13.7. The summed E-state index contributed by atoms with van der Waals surface area (Å²) in [6.07, 6.45) is 1.88. The molecule has 0 bridgehead atoms. The molecule has 2 unspecified atom stereocenters. The van der Waals surface area contributed by atoms with Crippen molar-refractivity contribution in [3.05, 3.63) is 22.2 Å². The average molecular weight is 287 g/mol. The van der Waals surface area contributed by atoms with Gasteiger partial charge >= 0.3 is 0 Å². The summed E-state index contributed by atoms with van der Waals surface area (Å²) in [5.41, 5.74) is 2.17. The van der Waals surface area contributed by atoms with E-state index >= 15 is 0 Å². The Morgan fingerprint density at radius 2 is 2.21 bits per heavy atom. The number of pyridine rings is 1. The Morgan fingerprint density at radius 3 is 2.68 bits per heavy atom. The summed E-state index contributed by atoms with van der Waals surface area (Å²) in [7, 11) is 0. The fourth-order valence-corrected chi connectivity index (χ4v) is 2.16. The minimum Gasteiger partial charge on any atom is -0.395 e. The number of hydrogen-bond acceptors (Lipinski definition) is 8. The van der Waals surface area contributed by atoms with Crippen LogP contribution in [0, 0.1) is 10.1 Å². The molecule has 0 amide bonds. The highest BCUT2D eigenvalue weighted by atomic mass is 32.2. The number of aliphatic hydroxyl groups is 1. The van der Waals surface area contributed by atoms with Gasteiger partial charge in [0.2, 0.25) is 0 Å². The Labute approximate surface area is 114 Å². The topological polar surface area (TPSA) is 126 Å². The predicted molar refractivity (Wildman–Crippen MR) is 76.2 cm³/mol. The fraction of sp³-hybridized carbons (Fsp3) is 0.500. The Balaban J connectivity index is 2.93. The number of rotatable bonds is 7. The van der Waals surface area contributed by atoms with Crippen LogP contribution >= 0.6 is 11.8 Å². The van der Waals surface area contributed by atoms with Crippen molar-refractivity contribution in [3.63, 3.8) is 0 Å². The van der Waals surface area contributed by atoms with Crippen molar-refractivity contribution < 1.29 is 10.0 Å². The second kappa shape index (κ2) is 7.12. The summed E-state index contributed by atoms with van der Waals surface area (Å²) >= 11 is 1.50. The number of nitrogen functional groups attached to an aromatic ring is 1. The summed E-state index contributed by atoms with van der Waals surface area (Å²) in [5, 5.41) is 23.0. The van der Waals surface area contributed by atoms with E-state index in [0.29, 0.717) is 5.82 Å². The quantitative estimate of drug-likeness (QED) is 0.329. The van der Waals surface area contributed by atoms with E-state index in [2.05, 4.69) is 15.7 Å². The zero-order valence-corrected chi connectivity index (χ0v) is 11.5. The van der Waals surface area contributed by atoms with E-state index in [1.54, 1.807) is 0 Å². The monoisotopic (exact) mass is 287 g/mol. The molecule has 1 rings (SSSR count). The SMILES string of the molecule is CSC(CO)C(C)Nc1cc([N+](=O)[O-])cc(NN)n1. The molecular weight excluding hydrogens is 270 g/mol. The average Bonchev–Trinajstić information content (AvgIpc) is 2.39. The van der Waals surface area contributed by atoms with E-state index in [9.17, 15) is 15.2 Å². The zero-order valence-electron chi connectivity index (χ0n) is 10.7. The highest BCUT2D eigenvalue weighted by molar-refractivity contribution is 7.99. The molecule has 2 atom stereocenters. The van der Waals surface area contributed by atoms with E-state index in [1.807, 2.05) is 13.2 Å². The van der Waals surface area contributed by atoms with Crippen LogP contribution < -0.4 is 16.6 Å². The van der Waals surface area contributed by atoms with Gasteiger partial charge in [-0.2, -0.15) is 11.8 Å². The number of hydrazine groups is 1. The van der Waals surface area contributed by atoms with Gasteiger partial charge in [0.15, 0.2) is 0 Å². The van der Waals surface area contributed by atoms with E-state index < -0.39 is 4.92 Å². The minimum atomic E-state index is -0.517. The number of hydrogen-bond donors (Lipinski definition) is 4. The molecule has 0 aliphatic rings. The van der Waals surface area contributed by atoms with Crippen LogP contribution in [0.3, 0.4) is 0 Å². The summed E-state index contributed by atoms with van der Waals surface area (Å²) in [5.74, 6) is 5.76. The maximum atomic E-state index is 10.8. The van der Waals surface area contributed by atoms with E-state index in [4.69, 9.17) is 5.84 Å². The van der Waals surface area contributed by atoms with E-state index in [-0.39, 0.29) is 29.4 Å². The molecule has 0 aliphatic heterocycles. The van der Waals surface area contributed by atoms with Gasteiger partial charge in [0, 0.05) is 11.3 Å². The second-order valence-corrected chi connectivity index (χ2v) is 4.96. The van der Waals surface area contributed by atoms with Crippen LogP contribution in [0.15, 0.2) is 12.1 Å². The molecule has 0 aromatic carbocycles. The second-order valence-electron chi connectivity index (χ2n) is 3.89. The van der Waals surface area contributed by atoms with Gasteiger partial charge in [-0.05, 0) is 13.2 Å². The highest BCUT2D eigenvalue weighted by Gasteiger charge is 2.17. The van der Waals surface area contributed by atoms with Crippen molar-refractivity contribution >= 4 is 29.1 Å². The smallest absolute Gasteiger partial charge is 0.276 e. The molecule has 9 heteroatoms. The fourth-order valence-electron chi connectivity index (χ4n) is 1.53. The zero-order chi connectivity index (χ0) is 14.4. The third-order valence-electron chi connectivity index (χ3n) is 2.58. The first-order valence-corrected chi connectivity index (χ1v) is 6.84. The lowest BCUT2D eigenvalue weighted by atomic mass is 10.2. The Kier molecular flexibility index (Phi) is 5.80. The molecule has 5 N–H and O–H groups in total. The van der Waals surface area contributed by atoms with Crippen molar-refractivity contribution in [2.75, 3.05) is 23.6 Å². The van der Waals surface area contributed by atoms with Gasteiger partial charge in [-0.3, -0.25) is 10.1 Å². The van der Waals surface area contributed by atoms with Crippen LogP contribution in [0.5, 0.6) is 0 Å². The van der Waals surface area contributed by atoms with Gasteiger partial charge in [0.1, 0.15) is 11.6 Å². The van der Waals surface area contributed by atoms with Gasteiger partial charge in [-0.15, -0.1) is 0 Å². The number of nitrogens with two attached hydrogens (primary N) is 1. The molecule has 8 nitrogen and oxygen atoms in total. The van der Waals surface area contributed by atoms with E-state index in [0.717, 1.165) is 0 Å². The summed E-state index contributed by atoms with van der Waals surface area (Å²) < 4.78 is 0. The first kappa shape index (κ1) is 15.5. The number of nitrogens with zero attached hydrogens (tertiary/aromatic N) is 2. The molecule has 0 radical (unpaired) electrons. The molecule has 1 aromatic heterocycles. The van der Waals surface area contributed by atoms with Crippen molar-refractivity contribution in [2.45, 2.75) is 18.2 Å². The lowest BCUT2D eigenvalue weighted by Crippen LogP contribution is -2.31. The molecule has 1 heterocycles. The molecule has 106 valence electrons. The number of nitrogens with one attached hydrogen (secondary N) is 2. The Morgan fingerprint density at radius 1 is 1.58 bits per heavy atom. The van der Waals surface area contributed by atoms with Crippen LogP contribution in [-0.4, -0.2) is 39.2 Å². The van der Waals surface area contributed by atoms with Crippen molar-refractivity contribution in [1.29, 1.82) is 0 Å². The first-order valence-electron chi connectivity index (χ1n) is 5.55. The Hall–Kier alpha value is -1.58. The van der Waals surface area contributed by atoms with Gasteiger partial charge in [-0.1, -0.05) is 0 Å². The maximum absolute atomic E-state index is 10.8. The summed E-state index contributed by atoms with van der Waals surface area (Å²) in [6, 6.07) is 2.47. The molecule has 0 aliphatic carbocycles. The summed E-state index contributed by atoms with van der Waals surface area (Å²) in [4.78, 5) is 14.4. The van der Waals surface area contributed by atoms with Gasteiger partial charge < -0.3 is 15.8 Å². The molecular formula is C10H17N5O3S. The minimum absolute atomic E-state index is 0.00621. The molecule has 0 saturated carbocycles. The first-order chi connectivity index (χ1) is 9.01. The highest BCUT2D eigenvalue weighted by Crippen LogP contribution is 2.22. The number of thioether (sulfide) groups is 1. The van der Waals surface area contributed by atoms with Crippen LogP contribution in [-0.2, 0) is 0 Å². The number of aromatic nitrogens is 1. The summed E-state index contributed by atoms with van der Waals surface area (Å²) in [6.45, 7) is 1.87. The number of anilines is 2. The van der Waals surface area contributed by atoms with Crippen molar-refractivity contribution in [2.24, 2.45) is 5.84 Å². The van der Waals surface area contributed by atoms with Crippen molar-refractivity contribution in [1.82, 2.24) is 4.98 Å². The van der Waals surface area contributed by atoms with Gasteiger partial charge in [0.25, 0.3) is 5.69 Å². The Bertz CT molecular complexity index is 441. The number of nitro groups is 1. The van der Waals surface area contributed by atoms with Gasteiger partial charge in [0.05, 0.1) is 23.7 Å². The van der Waals surface area contributed by atoms with E-state index in [1.165, 1.54) is 23.9 Å². The largest absolute Gasteiger partial charge is 0.395 e. The molecule has 0 spiro atoms. The van der Waals surface area contributed by atoms with Crippen LogP contribution in [0.4, 0.5) is 17.3 Å². The molecule has 0 fully saturated rings. The standard InChI is InChI=1S/C10H17N5O3S/c1-6(8(5-16)19-2)12-9-3-7(15(17)18)4-10(13-9)14-11/h3-4,6,8,16H,5,11H2,1-2H3,(H2,12,13,14). The third kappa shape index (κ3) is 4.23. The molecule has 0 saturated heterocycles. The third-order valence-corrected chi connectivity index (χ3v) is 3.75. The predicted octanol–water partition coefficient (Wildman–Crippen LogP) is 0.800. The van der Waals surface area contributed by atoms with Crippen LogP contribution in [0.2, 0.25) is 0 Å². The van der Waals surface area contributed by atoms with Crippen molar-refractivity contribution in [3.8, 4) is 0 Å². The maximum Gasteiger partial charge on any atom is 0.276 e. The number of aliphatic hydroxyl groups excluding tert-OH is 1. The molecule has 1 aromatic rings. The van der Waals surface area contributed by atoms with Gasteiger partial charge in [-0.25, -0.2) is 10.8 Å². The van der Waals surface area contributed by atoms with Crippen LogP contribution in [0.25, 0.3) is 0 Å². The van der Waals surface area contributed by atoms with Crippen LogP contribution in [0.1, 0.15) is 6.92 Å².